The first-order valence-corrected chi connectivity index (χ1v) is 10.6. The fourth-order valence-corrected chi connectivity index (χ4v) is 4.71. The maximum absolute atomic E-state index is 12.1. The number of thiazole rings is 1. The lowest BCUT2D eigenvalue weighted by atomic mass is 10.2. The third-order valence-electron chi connectivity index (χ3n) is 3.26. The highest BCUT2D eigenvalue weighted by Crippen LogP contribution is 2.28. The predicted molar refractivity (Wildman–Crippen MR) is 100.0 cm³/mol. The minimum absolute atomic E-state index is 0.0657. The lowest BCUT2D eigenvalue weighted by molar-refractivity contribution is -0.119. The van der Waals surface area contributed by atoms with E-state index in [-0.39, 0.29) is 10.6 Å². The standard InChI is InChI=1S/C16H15N3O3S3/c1-11-6-8-12(9-7-11)25(21,22)19-18-15(20)10-23-16-17-13-4-2-3-5-14(13)24-16/h2-9,19H,10H2,1H3,(H,18,20). The molecule has 0 aliphatic heterocycles. The topological polar surface area (TPSA) is 88.2 Å². The number of hydrogen-bond acceptors (Lipinski definition) is 6. The van der Waals surface area contributed by atoms with Gasteiger partial charge in [-0.15, -0.1) is 16.2 Å². The highest BCUT2D eigenvalue weighted by atomic mass is 32.2. The molecule has 0 atom stereocenters. The average Bonchev–Trinajstić information content (AvgIpc) is 3.01. The maximum Gasteiger partial charge on any atom is 0.257 e. The Bertz CT molecular complexity index is 965. The molecule has 3 aromatic rings. The Balaban J connectivity index is 1.54. The fraction of sp³-hybridized carbons (Fsp3) is 0.125. The van der Waals surface area contributed by atoms with Crippen LogP contribution in [-0.4, -0.2) is 25.1 Å². The molecule has 0 unspecified atom stereocenters. The minimum Gasteiger partial charge on any atom is -0.277 e. The van der Waals surface area contributed by atoms with E-state index in [0.29, 0.717) is 0 Å². The molecule has 0 bridgehead atoms. The van der Waals surface area contributed by atoms with E-state index in [1.807, 2.05) is 31.2 Å². The van der Waals surface area contributed by atoms with E-state index in [1.54, 1.807) is 12.1 Å². The molecule has 0 saturated heterocycles. The van der Waals surface area contributed by atoms with Crippen molar-refractivity contribution in [2.24, 2.45) is 0 Å². The number of benzene rings is 2. The molecule has 0 fully saturated rings. The normalized spacial score (nSPS) is 11.6. The van der Waals surface area contributed by atoms with E-state index in [9.17, 15) is 13.2 Å². The van der Waals surface area contributed by atoms with Crippen LogP contribution in [0.1, 0.15) is 5.56 Å². The Morgan fingerprint density at radius 2 is 1.88 bits per heavy atom. The van der Waals surface area contributed by atoms with E-state index in [2.05, 4.69) is 15.2 Å². The van der Waals surface area contributed by atoms with E-state index in [4.69, 9.17) is 0 Å². The van der Waals surface area contributed by atoms with Gasteiger partial charge in [-0.2, -0.15) is 0 Å². The number of carbonyl (C=O) groups is 1. The summed E-state index contributed by atoms with van der Waals surface area (Å²) in [5, 5.41) is 0. The number of hydrogen-bond donors (Lipinski definition) is 2. The van der Waals surface area contributed by atoms with E-state index >= 15 is 0 Å². The summed E-state index contributed by atoms with van der Waals surface area (Å²) in [5.74, 6) is -0.379. The van der Waals surface area contributed by atoms with Crippen LogP contribution in [0.15, 0.2) is 57.8 Å². The molecule has 0 aliphatic carbocycles. The van der Waals surface area contributed by atoms with Crippen molar-refractivity contribution in [3.8, 4) is 0 Å². The Morgan fingerprint density at radius 1 is 1.16 bits per heavy atom. The van der Waals surface area contributed by atoms with Gasteiger partial charge in [0, 0.05) is 0 Å². The summed E-state index contributed by atoms with van der Waals surface area (Å²) in [6, 6.07) is 14.1. The largest absolute Gasteiger partial charge is 0.277 e. The second-order valence-electron chi connectivity index (χ2n) is 5.20. The lowest BCUT2D eigenvalue weighted by Gasteiger charge is -2.08. The first-order valence-electron chi connectivity index (χ1n) is 7.30. The van der Waals surface area contributed by atoms with Crippen LogP contribution in [0.5, 0.6) is 0 Å². The molecule has 1 aromatic heterocycles. The summed E-state index contributed by atoms with van der Waals surface area (Å²) in [6.07, 6.45) is 0. The van der Waals surface area contributed by atoms with Gasteiger partial charge in [-0.05, 0) is 31.2 Å². The molecule has 9 heteroatoms. The number of amides is 1. The molecule has 2 N–H and O–H groups in total. The zero-order valence-electron chi connectivity index (χ0n) is 13.2. The molecule has 0 radical (unpaired) electrons. The van der Waals surface area contributed by atoms with Crippen molar-refractivity contribution < 1.29 is 13.2 Å². The Labute approximate surface area is 153 Å². The number of aryl methyl sites for hydroxylation is 1. The van der Waals surface area contributed by atoms with Crippen LogP contribution in [-0.2, 0) is 14.8 Å². The van der Waals surface area contributed by atoms with Crippen LogP contribution in [0.3, 0.4) is 0 Å². The molecule has 3 rings (SSSR count). The van der Waals surface area contributed by atoms with E-state index in [0.717, 1.165) is 20.1 Å². The van der Waals surface area contributed by atoms with Gasteiger partial charge in [0.05, 0.1) is 20.9 Å². The van der Waals surface area contributed by atoms with Gasteiger partial charge in [-0.25, -0.2) is 13.4 Å². The van der Waals surface area contributed by atoms with Crippen molar-refractivity contribution in [1.29, 1.82) is 0 Å². The molecule has 1 heterocycles. The number of rotatable bonds is 6. The quantitative estimate of drug-likeness (QED) is 0.497. The van der Waals surface area contributed by atoms with Gasteiger partial charge < -0.3 is 0 Å². The van der Waals surface area contributed by atoms with Gasteiger partial charge in [0.2, 0.25) is 5.91 Å². The number of hydrazine groups is 1. The Morgan fingerprint density at radius 3 is 2.60 bits per heavy atom. The summed E-state index contributed by atoms with van der Waals surface area (Å²) >= 11 is 2.76. The van der Waals surface area contributed by atoms with E-state index < -0.39 is 15.9 Å². The first kappa shape index (κ1) is 17.9. The number of para-hydroxylation sites is 1. The van der Waals surface area contributed by atoms with Crippen molar-refractivity contribution in [2.75, 3.05) is 5.75 Å². The first-order chi connectivity index (χ1) is 11.9. The molecule has 25 heavy (non-hydrogen) atoms. The van der Waals surface area contributed by atoms with Crippen LogP contribution in [0, 0.1) is 6.92 Å². The van der Waals surface area contributed by atoms with Crippen molar-refractivity contribution in [3.05, 3.63) is 54.1 Å². The summed E-state index contributed by atoms with van der Waals surface area (Å²) < 4.78 is 26.0. The number of carbonyl (C=O) groups excluding carboxylic acids is 1. The predicted octanol–water partition coefficient (Wildman–Crippen LogP) is 2.71. The van der Waals surface area contributed by atoms with Crippen LogP contribution >= 0.6 is 23.1 Å². The third kappa shape index (κ3) is 4.57. The van der Waals surface area contributed by atoms with Gasteiger partial charge >= 0.3 is 0 Å². The maximum atomic E-state index is 12.1. The molecular formula is C16H15N3O3S3. The molecule has 1 amide bonds. The van der Waals surface area contributed by atoms with Crippen molar-refractivity contribution in [1.82, 2.24) is 15.2 Å². The molecule has 0 spiro atoms. The van der Waals surface area contributed by atoms with Crippen molar-refractivity contribution in [3.63, 3.8) is 0 Å². The van der Waals surface area contributed by atoms with Crippen LogP contribution in [0.2, 0.25) is 0 Å². The molecule has 0 saturated carbocycles. The second-order valence-corrected chi connectivity index (χ2v) is 9.14. The van der Waals surface area contributed by atoms with Crippen molar-refractivity contribution >= 4 is 49.2 Å². The van der Waals surface area contributed by atoms with Gasteiger partial charge in [0.1, 0.15) is 0 Å². The Hall–Kier alpha value is -1.94. The number of fused-ring (bicyclic) bond motifs is 1. The van der Waals surface area contributed by atoms with Crippen LogP contribution < -0.4 is 10.3 Å². The molecule has 0 aliphatic rings. The number of nitrogens with zero attached hydrogens (tertiary/aromatic N) is 1. The average molecular weight is 394 g/mol. The summed E-state index contributed by atoms with van der Waals surface area (Å²) in [6.45, 7) is 1.87. The Kier molecular flexibility index (Phi) is 5.38. The van der Waals surface area contributed by atoms with Crippen LogP contribution in [0.4, 0.5) is 0 Å². The zero-order chi connectivity index (χ0) is 17.9. The molecule has 2 aromatic carbocycles. The number of aromatic nitrogens is 1. The summed E-state index contributed by atoms with van der Waals surface area (Å²) in [5.41, 5.74) is 4.06. The van der Waals surface area contributed by atoms with Gasteiger partial charge in [0.15, 0.2) is 4.34 Å². The third-order valence-corrected chi connectivity index (χ3v) is 6.70. The van der Waals surface area contributed by atoms with Gasteiger partial charge in [-0.3, -0.25) is 10.2 Å². The highest BCUT2D eigenvalue weighted by Gasteiger charge is 2.15. The monoisotopic (exact) mass is 393 g/mol. The zero-order valence-corrected chi connectivity index (χ0v) is 15.7. The van der Waals surface area contributed by atoms with Crippen LogP contribution in [0.25, 0.3) is 10.2 Å². The summed E-state index contributed by atoms with van der Waals surface area (Å²) in [4.78, 5) is 18.5. The highest BCUT2D eigenvalue weighted by molar-refractivity contribution is 8.01. The number of nitrogens with one attached hydrogen (secondary N) is 2. The smallest absolute Gasteiger partial charge is 0.257 e. The fourth-order valence-electron chi connectivity index (χ4n) is 1.98. The van der Waals surface area contributed by atoms with E-state index in [1.165, 1.54) is 35.2 Å². The lowest BCUT2D eigenvalue weighted by Crippen LogP contribution is -2.42. The molecule has 130 valence electrons. The minimum atomic E-state index is -3.78. The summed E-state index contributed by atoms with van der Waals surface area (Å²) in [7, 11) is -3.78. The number of sulfonamides is 1. The van der Waals surface area contributed by atoms with Gasteiger partial charge in [0.25, 0.3) is 10.0 Å². The molecule has 6 nitrogen and oxygen atoms in total. The molecular weight excluding hydrogens is 378 g/mol. The van der Waals surface area contributed by atoms with Gasteiger partial charge in [-0.1, -0.05) is 41.6 Å². The van der Waals surface area contributed by atoms with Crippen molar-refractivity contribution in [2.45, 2.75) is 16.2 Å². The number of thioether (sulfide) groups is 1. The second kappa shape index (κ2) is 7.52. The SMILES string of the molecule is Cc1ccc(S(=O)(=O)NNC(=O)CSc2nc3ccccc3s2)cc1.